The summed E-state index contributed by atoms with van der Waals surface area (Å²) in [6, 6.07) is 21.5. The molecule has 330 valence electrons. The zero-order valence-electron chi connectivity index (χ0n) is 53.1. The number of aromatic hydroxyl groups is 1. The average Bonchev–Trinajstić information content (AvgIpc) is 3.96. The molecule has 4 nitrogen and oxygen atoms in total. The topological polar surface area (TPSA) is 50.9 Å². The van der Waals surface area contributed by atoms with Crippen LogP contribution in [-0.4, -0.2) is 19.6 Å². The second-order valence-electron chi connectivity index (χ2n) is 18.0. The summed E-state index contributed by atoms with van der Waals surface area (Å²) in [7, 11) is 0. The van der Waals surface area contributed by atoms with Crippen molar-refractivity contribution in [2.24, 2.45) is 0 Å². The van der Waals surface area contributed by atoms with E-state index in [9.17, 15) is 7.85 Å². The van der Waals surface area contributed by atoms with Crippen LogP contribution in [0.15, 0.2) is 127 Å². The van der Waals surface area contributed by atoms with E-state index in [1.54, 1.807) is 121 Å². The van der Waals surface area contributed by atoms with E-state index in [1.807, 2.05) is 39.0 Å². The molecule has 0 atom stereocenters. The van der Waals surface area contributed by atoms with E-state index in [4.69, 9.17) is 22.8 Å². The summed E-state index contributed by atoms with van der Waals surface area (Å²) in [5.41, 5.74) is 3.84. The van der Waals surface area contributed by atoms with Gasteiger partial charge < -0.3 is 5.11 Å². The van der Waals surface area contributed by atoms with Gasteiger partial charge in [0.1, 0.15) is 11.6 Å². The summed E-state index contributed by atoms with van der Waals surface area (Å²) in [6.07, 6.45) is -0.611. The largest absolute Gasteiger partial charge is 0.507 e. The number of aryl methyl sites for hydroxylation is 1. The summed E-state index contributed by atoms with van der Waals surface area (Å²) in [5.74, 6) is -5.19. The Hall–Kier alpha value is -5.57. The van der Waals surface area contributed by atoms with E-state index in [1.165, 1.54) is 0 Å². The predicted molar refractivity (Wildman–Crippen MR) is 266 cm³/mol. The van der Waals surface area contributed by atoms with Gasteiger partial charge in [0.15, 0.2) is 0 Å². The smallest absolute Gasteiger partial charge is 0.148 e. The van der Waals surface area contributed by atoms with Crippen LogP contribution in [0.4, 0.5) is 0 Å². The summed E-state index contributed by atoms with van der Waals surface area (Å²) >= 11 is 0. The Morgan fingerprint density at radius 2 is 1.38 bits per heavy atom. The minimum absolute atomic E-state index is 0. The van der Waals surface area contributed by atoms with E-state index < -0.39 is 89.9 Å². The molecule has 0 fully saturated rings. The Bertz CT molecular complexity index is 3700. The van der Waals surface area contributed by atoms with E-state index >= 15 is 0 Å². The fourth-order valence-electron chi connectivity index (χ4n) is 8.02. The maximum atomic E-state index is 12.4. The predicted octanol–water partition coefficient (Wildman–Crippen LogP) is 16.4. The number of para-hydroxylation sites is 1. The van der Waals surface area contributed by atoms with Crippen LogP contribution in [0.5, 0.6) is 5.75 Å². The Morgan fingerprint density at radius 3 is 2.02 bits per heavy atom. The molecule has 0 unspecified atom stereocenters. The molecular weight excluding hydrogens is 962 g/mol. The standard InChI is InChI=1S/C59H62N3O.Pt/c1-35(2)43-32-50(38(7)8)57(63)51(33-43)58-61-56-49(44-29-45(31-46(30-44)59(10,11)12)52-34-41(26-27-60-52)40-18-14-13-15-19-40)22-17-23-54(56)62(58)53-25-24-42(28-39(53)9)55-47(36(3)4)20-16-21-48(55)37(5)6;/h13-28,30-38,63H,1-12H3;/q-1;/i9D3,13D,14D,15D,18D,19D,26D,27D,34D,35D,36D,37D,38D;. The number of nitrogens with zero attached hydrogens (tertiary/aromatic N) is 3. The molecule has 8 rings (SSSR count). The van der Waals surface area contributed by atoms with Crippen LogP contribution in [0.2, 0.25) is 0 Å². The van der Waals surface area contributed by atoms with Gasteiger partial charge in [0.2, 0.25) is 0 Å². The van der Waals surface area contributed by atoms with Crippen molar-refractivity contribution in [3.05, 3.63) is 167 Å². The first-order chi connectivity index (χ1) is 35.7. The summed E-state index contributed by atoms with van der Waals surface area (Å²) in [6.45, 7) is 16.6. The third-order valence-electron chi connectivity index (χ3n) is 11.4. The number of fused-ring (bicyclic) bond motifs is 1. The average molecular weight is 1040 g/mol. The van der Waals surface area contributed by atoms with Gasteiger partial charge >= 0.3 is 0 Å². The van der Waals surface area contributed by atoms with E-state index in [0.717, 1.165) is 0 Å². The second kappa shape index (κ2) is 18.5. The Kier molecular flexibility index (Phi) is 8.83. The van der Waals surface area contributed by atoms with Crippen LogP contribution in [-0.2, 0) is 26.5 Å². The Morgan fingerprint density at radius 1 is 0.703 bits per heavy atom. The normalized spacial score (nSPS) is 16.1. The molecule has 0 bridgehead atoms. The number of imidazole rings is 1. The molecule has 0 aliphatic carbocycles. The van der Waals surface area contributed by atoms with Crippen molar-refractivity contribution in [2.45, 2.75) is 112 Å². The van der Waals surface area contributed by atoms with Gasteiger partial charge in [0, 0.05) is 42.5 Å². The fraction of sp³-hybridized carbons (Fsp3) is 0.288. The fourth-order valence-corrected chi connectivity index (χ4v) is 8.02. The second-order valence-corrected chi connectivity index (χ2v) is 18.0. The molecule has 5 heteroatoms. The van der Waals surface area contributed by atoms with Gasteiger partial charge in [-0.2, -0.15) is 0 Å². The Labute approximate surface area is 417 Å². The first-order valence-electron chi connectivity index (χ1n) is 28.6. The number of pyridine rings is 1. The summed E-state index contributed by atoms with van der Waals surface area (Å²) in [4.78, 5) is 9.69. The quantitative estimate of drug-likeness (QED) is 0.139. The molecule has 0 aliphatic heterocycles. The van der Waals surface area contributed by atoms with Crippen LogP contribution in [0.1, 0.15) is 154 Å². The SMILES string of the molecule is [2H]c1nc(-c2[c-]c(-c3cccc4c3nc(-c3cc(C([2H])(C)C)cc(C([2H])(C)C)c3O)n4-c3ccc(-c4c(C([2H])(C)C)cccc4C([2H])(C)C)cc3C([2H])([2H])[2H])cc(C(C)(C)C)c2)c([2H])c(-c2c([2H])c([2H])c([2H])c([2H])c2[2H])c1[2H].[Pt]. The maximum Gasteiger partial charge on any atom is 0.148 e. The minimum Gasteiger partial charge on any atom is -0.507 e. The number of hydrogen-bond donors (Lipinski definition) is 1. The first-order valence-corrected chi connectivity index (χ1v) is 21.1. The molecule has 0 aliphatic rings. The zero-order chi connectivity index (χ0) is 58.1. The molecule has 0 saturated carbocycles. The number of phenols is 1. The van der Waals surface area contributed by atoms with E-state index in [-0.39, 0.29) is 71.8 Å². The molecular formula is C59H62N3OPt-. The molecule has 0 radical (unpaired) electrons. The third kappa shape index (κ3) is 8.92. The minimum atomic E-state index is -2.80. The van der Waals surface area contributed by atoms with Gasteiger partial charge in [-0.25, -0.2) is 4.98 Å². The third-order valence-corrected chi connectivity index (χ3v) is 11.4. The molecule has 8 aromatic rings. The van der Waals surface area contributed by atoms with E-state index in [0.29, 0.717) is 55.5 Å². The first kappa shape index (κ1) is 30.5. The van der Waals surface area contributed by atoms with Gasteiger partial charge in [-0.05, 0) is 116 Å². The number of hydrogen-bond acceptors (Lipinski definition) is 3. The van der Waals surface area contributed by atoms with Crippen LogP contribution < -0.4 is 0 Å². The number of aromatic nitrogens is 3. The van der Waals surface area contributed by atoms with Crippen molar-refractivity contribution in [2.75, 3.05) is 0 Å². The van der Waals surface area contributed by atoms with Crippen molar-refractivity contribution in [1.29, 1.82) is 0 Å². The van der Waals surface area contributed by atoms with Gasteiger partial charge in [-0.1, -0.05) is 166 Å². The molecule has 1 N–H and O–H groups in total. The molecule has 2 heterocycles. The van der Waals surface area contributed by atoms with Crippen LogP contribution in [0.25, 0.3) is 72.7 Å². The monoisotopic (exact) mass is 1040 g/mol. The zero-order valence-corrected chi connectivity index (χ0v) is 40.4. The molecule has 0 saturated heterocycles. The van der Waals surface area contributed by atoms with Gasteiger partial charge in [0.05, 0.1) is 33.3 Å². The van der Waals surface area contributed by atoms with Gasteiger partial charge in [-0.3, -0.25) is 9.55 Å². The van der Waals surface area contributed by atoms with Crippen molar-refractivity contribution in [3.63, 3.8) is 0 Å². The Balaban J connectivity index is 0.00000903. The molecule has 0 amide bonds. The number of benzene rings is 6. The van der Waals surface area contributed by atoms with Crippen LogP contribution in [0.3, 0.4) is 0 Å². The summed E-state index contributed by atoms with van der Waals surface area (Å²) in [5, 5.41) is 12.4. The number of phenolic OH excluding ortho intramolecular Hbond substituents is 1. The van der Waals surface area contributed by atoms with Crippen LogP contribution >= 0.6 is 0 Å². The van der Waals surface area contributed by atoms with Gasteiger partial charge in [0.25, 0.3) is 0 Å². The van der Waals surface area contributed by atoms with Crippen molar-refractivity contribution in [3.8, 4) is 67.5 Å². The maximum absolute atomic E-state index is 12.4. The molecule has 0 spiro atoms. The van der Waals surface area contributed by atoms with Crippen molar-refractivity contribution < 1.29 is 46.7 Å². The van der Waals surface area contributed by atoms with Crippen molar-refractivity contribution in [1.82, 2.24) is 14.5 Å². The summed E-state index contributed by atoms with van der Waals surface area (Å²) < 4.78 is 135. The molecule has 2 aromatic heterocycles. The van der Waals surface area contributed by atoms with Crippen molar-refractivity contribution >= 4 is 11.0 Å². The van der Waals surface area contributed by atoms with E-state index in [2.05, 4.69) is 11.1 Å². The number of rotatable bonds is 10. The van der Waals surface area contributed by atoms with Gasteiger partial charge in [-0.15, -0.1) is 29.3 Å². The molecule has 6 aromatic carbocycles. The molecule has 64 heavy (non-hydrogen) atoms. The van der Waals surface area contributed by atoms with Crippen LogP contribution in [0, 0.1) is 12.9 Å².